The molecular formula is C18H23NO3. The van der Waals surface area contributed by atoms with Crippen LogP contribution in [0, 0.1) is 11.8 Å². The van der Waals surface area contributed by atoms with Crippen LogP contribution in [0.5, 0.6) is 0 Å². The van der Waals surface area contributed by atoms with E-state index >= 15 is 0 Å². The number of hydrogen-bond acceptors (Lipinski definition) is 2. The van der Waals surface area contributed by atoms with Crippen molar-refractivity contribution in [3.8, 4) is 0 Å². The van der Waals surface area contributed by atoms with Gasteiger partial charge in [-0.2, -0.15) is 0 Å². The van der Waals surface area contributed by atoms with Gasteiger partial charge in [-0.15, -0.1) is 0 Å². The molecule has 1 saturated heterocycles. The SMILES string of the molecule is CC1CN(C(=O)c2ccc3c(c2)CCCC3)CCC1C(=O)O. The zero-order valence-electron chi connectivity index (χ0n) is 13.0. The topological polar surface area (TPSA) is 57.6 Å². The number of fused-ring (bicyclic) bond motifs is 1. The molecule has 2 aliphatic rings. The van der Waals surface area contributed by atoms with Gasteiger partial charge in [0.2, 0.25) is 0 Å². The largest absolute Gasteiger partial charge is 0.481 e. The minimum atomic E-state index is -0.742. The van der Waals surface area contributed by atoms with Crippen molar-refractivity contribution in [3.05, 3.63) is 34.9 Å². The van der Waals surface area contributed by atoms with E-state index < -0.39 is 5.97 Å². The summed E-state index contributed by atoms with van der Waals surface area (Å²) in [5.74, 6) is -1.02. The van der Waals surface area contributed by atoms with Crippen LogP contribution in [-0.4, -0.2) is 35.0 Å². The molecule has 0 saturated carbocycles. The van der Waals surface area contributed by atoms with E-state index in [2.05, 4.69) is 6.07 Å². The number of benzene rings is 1. The number of nitrogens with zero attached hydrogens (tertiary/aromatic N) is 1. The summed E-state index contributed by atoms with van der Waals surface area (Å²) in [7, 11) is 0. The van der Waals surface area contributed by atoms with Crippen molar-refractivity contribution in [2.75, 3.05) is 13.1 Å². The molecule has 2 unspecified atom stereocenters. The van der Waals surface area contributed by atoms with E-state index in [4.69, 9.17) is 0 Å². The minimum absolute atomic E-state index is 0.00725. The Morgan fingerprint density at radius 1 is 1.18 bits per heavy atom. The van der Waals surface area contributed by atoms with Crippen molar-refractivity contribution in [1.82, 2.24) is 4.90 Å². The van der Waals surface area contributed by atoms with Gasteiger partial charge >= 0.3 is 5.97 Å². The van der Waals surface area contributed by atoms with Gasteiger partial charge in [0.15, 0.2) is 0 Å². The molecule has 1 aromatic rings. The Balaban J connectivity index is 1.73. The number of piperidine rings is 1. The van der Waals surface area contributed by atoms with E-state index in [0.29, 0.717) is 19.5 Å². The third-order valence-electron chi connectivity index (χ3n) is 5.11. The number of carbonyl (C=O) groups excluding carboxylic acids is 1. The quantitative estimate of drug-likeness (QED) is 0.914. The highest BCUT2D eigenvalue weighted by Gasteiger charge is 2.33. The predicted octanol–water partition coefficient (Wildman–Crippen LogP) is 2.75. The van der Waals surface area contributed by atoms with Crippen molar-refractivity contribution in [1.29, 1.82) is 0 Å². The highest BCUT2D eigenvalue weighted by molar-refractivity contribution is 5.94. The summed E-state index contributed by atoms with van der Waals surface area (Å²) in [5, 5.41) is 9.18. The number of carbonyl (C=O) groups is 2. The molecule has 0 radical (unpaired) electrons. The molecule has 118 valence electrons. The Labute approximate surface area is 131 Å². The van der Waals surface area contributed by atoms with Gasteiger partial charge in [-0.3, -0.25) is 9.59 Å². The van der Waals surface area contributed by atoms with Crippen LogP contribution < -0.4 is 0 Å². The maximum absolute atomic E-state index is 12.7. The second-order valence-corrected chi connectivity index (χ2v) is 6.65. The average Bonchev–Trinajstić information content (AvgIpc) is 2.53. The van der Waals surface area contributed by atoms with Crippen molar-refractivity contribution in [3.63, 3.8) is 0 Å². The highest BCUT2D eigenvalue weighted by atomic mass is 16.4. The highest BCUT2D eigenvalue weighted by Crippen LogP contribution is 2.26. The molecule has 0 aromatic heterocycles. The van der Waals surface area contributed by atoms with Gasteiger partial charge in [0.1, 0.15) is 0 Å². The van der Waals surface area contributed by atoms with Gasteiger partial charge in [-0.05, 0) is 61.3 Å². The molecular weight excluding hydrogens is 278 g/mol. The summed E-state index contributed by atoms with van der Waals surface area (Å²) in [6.45, 7) is 3.00. The van der Waals surface area contributed by atoms with Crippen LogP contribution in [0.2, 0.25) is 0 Å². The van der Waals surface area contributed by atoms with E-state index in [1.54, 1.807) is 0 Å². The van der Waals surface area contributed by atoms with Crippen LogP contribution in [0.4, 0.5) is 0 Å². The minimum Gasteiger partial charge on any atom is -0.481 e. The number of rotatable bonds is 2. The molecule has 1 heterocycles. The summed E-state index contributed by atoms with van der Waals surface area (Å²) in [5.41, 5.74) is 3.44. The van der Waals surface area contributed by atoms with Crippen molar-refractivity contribution >= 4 is 11.9 Å². The molecule has 22 heavy (non-hydrogen) atoms. The summed E-state index contributed by atoms with van der Waals surface area (Å²) < 4.78 is 0. The smallest absolute Gasteiger partial charge is 0.306 e. The number of amides is 1. The van der Waals surface area contributed by atoms with Crippen LogP contribution in [0.15, 0.2) is 18.2 Å². The molecule has 1 amide bonds. The molecule has 0 spiro atoms. The van der Waals surface area contributed by atoms with Crippen LogP contribution in [0.3, 0.4) is 0 Å². The van der Waals surface area contributed by atoms with Crippen LogP contribution in [-0.2, 0) is 17.6 Å². The lowest BCUT2D eigenvalue weighted by atomic mass is 9.86. The first-order chi connectivity index (χ1) is 10.6. The zero-order valence-corrected chi connectivity index (χ0v) is 13.0. The van der Waals surface area contributed by atoms with Gasteiger partial charge in [0.05, 0.1) is 5.92 Å². The average molecular weight is 301 g/mol. The molecule has 1 N–H and O–H groups in total. The van der Waals surface area contributed by atoms with Crippen LogP contribution in [0.25, 0.3) is 0 Å². The molecule has 1 fully saturated rings. The van der Waals surface area contributed by atoms with E-state index in [0.717, 1.165) is 18.4 Å². The van der Waals surface area contributed by atoms with Gasteiger partial charge < -0.3 is 10.0 Å². The van der Waals surface area contributed by atoms with Crippen molar-refractivity contribution in [2.24, 2.45) is 11.8 Å². The van der Waals surface area contributed by atoms with E-state index in [9.17, 15) is 14.7 Å². The lowest BCUT2D eigenvalue weighted by Gasteiger charge is -2.35. The zero-order chi connectivity index (χ0) is 15.7. The van der Waals surface area contributed by atoms with Gasteiger partial charge in [-0.25, -0.2) is 0 Å². The fourth-order valence-corrected chi connectivity index (χ4v) is 3.75. The third-order valence-corrected chi connectivity index (χ3v) is 5.11. The Bertz CT molecular complexity index is 596. The van der Waals surface area contributed by atoms with Crippen LogP contribution >= 0.6 is 0 Å². The number of aryl methyl sites for hydroxylation is 2. The second-order valence-electron chi connectivity index (χ2n) is 6.65. The molecule has 0 bridgehead atoms. The van der Waals surface area contributed by atoms with E-state index in [-0.39, 0.29) is 17.7 Å². The molecule has 4 heteroatoms. The summed E-state index contributed by atoms with van der Waals surface area (Å²) in [6.07, 6.45) is 5.16. The first kappa shape index (κ1) is 15.1. The number of hydrogen-bond donors (Lipinski definition) is 1. The fourth-order valence-electron chi connectivity index (χ4n) is 3.75. The van der Waals surface area contributed by atoms with Gasteiger partial charge in [0.25, 0.3) is 5.91 Å². The third kappa shape index (κ3) is 2.87. The number of carboxylic acid groups (broad SMARTS) is 1. The maximum Gasteiger partial charge on any atom is 0.306 e. The summed E-state index contributed by atoms with van der Waals surface area (Å²) >= 11 is 0. The number of likely N-dealkylation sites (tertiary alicyclic amines) is 1. The molecule has 1 aromatic carbocycles. The molecule has 2 atom stereocenters. The van der Waals surface area contributed by atoms with E-state index in [1.165, 1.54) is 24.0 Å². The first-order valence-electron chi connectivity index (χ1n) is 8.20. The second kappa shape index (κ2) is 6.11. The Hall–Kier alpha value is -1.84. The molecule has 4 nitrogen and oxygen atoms in total. The van der Waals surface area contributed by atoms with Gasteiger partial charge in [0, 0.05) is 18.7 Å². The van der Waals surface area contributed by atoms with Crippen LogP contribution in [0.1, 0.15) is 47.7 Å². The maximum atomic E-state index is 12.7. The standard InChI is InChI=1S/C18H23NO3/c1-12-11-19(9-8-16(12)18(21)22)17(20)15-7-6-13-4-2-3-5-14(13)10-15/h6-7,10,12,16H,2-5,8-9,11H2,1H3,(H,21,22). The monoisotopic (exact) mass is 301 g/mol. The Morgan fingerprint density at radius 2 is 1.91 bits per heavy atom. The fraction of sp³-hybridized carbons (Fsp3) is 0.556. The molecule has 3 rings (SSSR count). The Morgan fingerprint density at radius 3 is 2.59 bits per heavy atom. The summed E-state index contributed by atoms with van der Waals surface area (Å²) in [6, 6.07) is 6.07. The van der Waals surface area contributed by atoms with Gasteiger partial charge in [-0.1, -0.05) is 13.0 Å². The molecule has 1 aliphatic heterocycles. The Kier molecular flexibility index (Phi) is 4.19. The first-order valence-corrected chi connectivity index (χ1v) is 8.20. The lowest BCUT2D eigenvalue weighted by molar-refractivity contribution is -0.145. The van der Waals surface area contributed by atoms with Crippen molar-refractivity contribution < 1.29 is 14.7 Å². The number of aliphatic carboxylic acids is 1. The molecule has 1 aliphatic carbocycles. The number of carboxylic acids is 1. The normalized spacial score (nSPS) is 24.7. The predicted molar refractivity (Wildman–Crippen MR) is 83.9 cm³/mol. The summed E-state index contributed by atoms with van der Waals surface area (Å²) in [4.78, 5) is 25.7. The van der Waals surface area contributed by atoms with E-state index in [1.807, 2.05) is 24.0 Å². The lowest BCUT2D eigenvalue weighted by Crippen LogP contribution is -2.45. The van der Waals surface area contributed by atoms with Crippen molar-refractivity contribution in [2.45, 2.75) is 39.0 Å².